The van der Waals surface area contributed by atoms with Crippen molar-refractivity contribution >= 4 is 51.8 Å². The maximum Gasteiger partial charge on any atom is 0.259 e. The third-order valence-corrected chi connectivity index (χ3v) is 2.68. The molecule has 0 aliphatic heterocycles. The summed E-state index contributed by atoms with van der Waals surface area (Å²) >= 11 is 9.18. The third-order valence-electron chi connectivity index (χ3n) is 1.93. The largest absolute Gasteiger partial charge is 0.324 e. The van der Waals surface area contributed by atoms with Crippen LogP contribution in [0.15, 0.2) is 24.3 Å². The second kappa shape index (κ2) is 6.11. The van der Waals surface area contributed by atoms with Crippen LogP contribution in [-0.2, 0) is 11.3 Å². The number of nitrogens with zero attached hydrogens (tertiary/aromatic N) is 3. The summed E-state index contributed by atoms with van der Waals surface area (Å²) in [5, 5.41) is 2.83. The van der Waals surface area contributed by atoms with Gasteiger partial charge in [0.05, 0.1) is 0 Å². The highest BCUT2D eigenvalue weighted by molar-refractivity contribution is 7.80. The summed E-state index contributed by atoms with van der Waals surface area (Å²) in [5.41, 5.74) is 1.16. The number of halogens is 2. The van der Waals surface area contributed by atoms with Crippen LogP contribution in [0.4, 0.5) is 17.3 Å². The molecule has 0 spiro atoms. The number of aromatic nitrogens is 3. The van der Waals surface area contributed by atoms with E-state index in [0.717, 1.165) is 0 Å². The molecule has 19 heavy (non-hydrogen) atoms. The van der Waals surface area contributed by atoms with Crippen molar-refractivity contribution in [3.63, 3.8) is 0 Å². The minimum atomic E-state index is -2.11. The molecule has 10 heteroatoms. The number of benzene rings is 1. The molecule has 0 saturated carbocycles. The van der Waals surface area contributed by atoms with Gasteiger partial charge in [-0.05, 0) is 47.5 Å². The van der Waals surface area contributed by atoms with E-state index in [9.17, 15) is 4.21 Å². The van der Waals surface area contributed by atoms with Crippen molar-refractivity contribution in [2.75, 3.05) is 10.0 Å². The smallest absolute Gasteiger partial charge is 0.259 e. The number of rotatable bonds is 4. The molecule has 2 rings (SSSR count). The monoisotopic (exact) mass is 319 g/mol. The predicted octanol–water partition coefficient (Wildman–Crippen LogP) is 2.47. The van der Waals surface area contributed by atoms with Gasteiger partial charge < -0.3 is 5.32 Å². The van der Waals surface area contributed by atoms with E-state index in [4.69, 9.17) is 27.8 Å². The molecule has 0 aliphatic carbocycles. The first kappa shape index (κ1) is 13.9. The van der Waals surface area contributed by atoms with Crippen molar-refractivity contribution < 1.29 is 8.76 Å². The fourth-order valence-corrected chi connectivity index (χ4v) is 1.93. The lowest BCUT2D eigenvalue weighted by atomic mass is 10.3. The minimum absolute atomic E-state index is 0.0172. The van der Waals surface area contributed by atoms with Crippen molar-refractivity contribution in [3.05, 3.63) is 34.8 Å². The Kier molecular flexibility index (Phi) is 4.48. The van der Waals surface area contributed by atoms with Gasteiger partial charge in [-0.3, -0.25) is 9.27 Å². The van der Waals surface area contributed by atoms with Crippen LogP contribution >= 0.6 is 23.2 Å². The molecule has 0 saturated heterocycles. The number of anilines is 3. The van der Waals surface area contributed by atoms with Crippen molar-refractivity contribution in [1.29, 1.82) is 0 Å². The summed E-state index contributed by atoms with van der Waals surface area (Å²) in [4.78, 5) is 11.3. The van der Waals surface area contributed by atoms with Gasteiger partial charge in [0.1, 0.15) is 0 Å². The SMILES string of the molecule is O=S(O)Nc1ccc(Nc2nc(Cl)nc(Cl)n2)cc1. The standard InChI is InChI=1S/C9H7Cl2N5O2S/c10-7-13-8(11)15-9(14-7)12-5-1-3-6(4-2-5)16-19(17)18/h1-4,16H,(H,17,18)(H,12,13,14,15). The summed E-state index contributed by atoms with van der Waals surface area (Å²) < 4.78 is 21.5. The van der Waals surface area contributed by atoms with Crippen LogP contribution in [-0.4, -0.2) is 23.7 Å². The number of hydrogen-bond acceptors (Lipinski definition) is 5. The van der Waals surface area contributed by atoms with Crippen molar-refractivity contribution in [3.8, 4) is 0 Å². The highest BCUT2D eigenvalue weighted by Crippen LogP contribution is 2.18. The average Bonchev–Trinajstić information content (AvgIpc) is 2.29. The molecule has 0 bridgehead atoms. The Hall–Kier alpha value is -1.48. The van der Waals surface area contributed by atoms with Crippen LogP contribution in [0.3, 0.4) is 0 Å². The molecular weight excluding hydrogens is 313 g/mol. The molecule has 0 amide bonds. The van der Waals surface area contributed by atoms with Crippen molar-refractivity contribution in [1.82, 2.24) is 15.0 Å². The molecule has 3 N–H and O–H groups in total. The summed E-state index contributed by atoms with van der Waals surface area (Å²) in [6, 6.07) is 6.56. The molecule has 1 aromatic heterocycles. The van der Waals surface area contributed by atoms with Crippen LogP contribution in [0.25, 0.3) is 0 Å². The van der Waals surface area contributed by atoms with Gasteiger partial charge in [-0.25, -0.2) is 4.21 Å². The normalized spacial score (nSPS) is 11.9. The van der Waals surface area contributed by atoms with E-state index in [-0.39, 0.29) is 16.5 Å². The Morgan fingerprint density at radius 2 is 1.53 bits per heavy atom. The van der Waals surface area contributed by atoms with Crippen LogP contribution in [0, 0.1) is 0 Å². The lowest BCUT2D eigenvalue weighted by molar-refractivity contribution is 0.570. The highest BCUT2D eigenvalue weighted by atomic mass is 35.5. The Bertz CT molecular complexity index is 590. The molecule has 1 heterocycles. The van der Waals surface area contributed by atoms with Gasteiger partial charge in [-0.1, -0.05) is 0 Å². The lowest BCUT2D eigenvalue weighted by Gasteiger charge is -2.06. The summed E-state index contributed by atoms with van der Waals surface area (Å²) in [5.74, 6) is 0.205. The van der Waals surface area contributed by atoms with Gasteiger partial charge in [0.25, 0.3) is 11.3 Å². The zero-order valence-corrected chi connectivity index (χ0v) is 11.5. The maximum absolute atomic E-state index is 10.5. The lowest BCUT2D eigenvalue weighted by Crippen LogP contribution is -2.02. The second-order valence-corrected chi connectivity index (χ2v) is 4.63. The quantitative estimate of drug-likeness (QED) is 0.748. The second-order valence-electron chi connectivity index (χ2n) is 3.25. The minimum Gasteiger partial charge on any atom is -0.324 e. The molecule has 1 aromatic carbocycles. The fourth-order valence-electron chi connectivity index (χ4n) is 1.23. The van der Waals surface area contributed by atoms with E-state index in [0.29, 0.717) is 11.4 Å². The van der Waals surface area contributed by atoms with Crippen LogP contribution in [0.2, 0.25) is 10.6 Å². The molecular formula is C9H7Cl2N5O2S. The first-order chi connectivity index (χ1) is 9.02. The van der Waals surface area contributed by atoms with E-state index in [1.165, 1.54) is 0 Å². The van der Waals surface area contributed by atoms with Gasteiger partial charge in [0.2, 0.25) is 16.5 Å². The molecule has 100 valence electrons. The molecule has 0 aliphatic rings. The first-order valence-corrected chi connectivity index (χ1v) is 6.71. The van der Waals surface area contributed by atoms with E-state index in [1.54, 1.807) is 24.3 Å². The van der Waals surface area contributed by atoms with E-state index in [2.05, 4.69) is 25.0 Å². The summed E-state index contributed by atoms with van der Waals surface area (Å²) in [7, 11) is 0. The number of nitrogens with one attached hydrogen (secondary N) is 2. The van der Waals surface area contributed by atoms with Gasteiger partial charge in [-0.15, -0.1) is 0 Å². The zero-order chi connectivity index (χ0) is 13.8. The molecule has 0 radical (unpaired) electrons. The van der Waals surface area contributed by atoms with Gasteiger partial charge in [0, 0.05) is 11.4 Å². The van der Waals surface area contributed by atoms with Gasteiger partial charge in [-0.2, -0.15) is 15.0 Å². The molecule has 0 fully saturated rings. The highest BCUT2D eigenvalue weighted by Gasteiger charge is 2.03. The van der Waals surface area contributed by atoms with Gasteiger partial charge >= 0.3 is 0 Å². The Morgan fingerprint density at radius 3 is 2.05 bits per heavy atom. The van der Waals surface area contributed by atoms with Crippen molar-refractivity contribution in [2.24, 2.45) is 0 Å². The van der Waals surface area contributed by atoms with Gasteiger partial charge in [0.15, 0.2) is 0 Å². The Morgan fingerprint density at radius 1 is 1.00 bits per heavy atom. The van der Waals surface area contributed by atoms with Crippen molar-refractivity contribution in [2.45, 2.75) is 0 Å². The molecule has 2 aromatic rings. The number of hydrogen-bond donors (Lipinski definition) is 3. The van der Waals surface area contributed by atoms with Crippen LogP contribution in [0.5, 0.6) is 0 Å². The summed E-state index contributed by atoms with van der Waals surface area (Å²) in [6.45, 7) is 0. The fraction of sp³-hybridized carbons (Fsp3) is 0. The first-order valence-electron chi connectivity index (χ1n) is 4.84. The summed E-state index contributed by atoms with van der Waals surface area (Å²) in [6.07, 6.45) is 0. The molecule has 1 atom stereocenters. The molecule has 1 unspecified atom stereocenters. The molecule has 7 nitrogen and oxygen atoms in total. The van der Waals surface area contributed by atoms with E-state index in [1.807, 2.05) is 0 Å². The average molecular weight is 320 g/mol. The zero-order valence-electron chi connectivity index (χ0n) is 9.17. The predicted molar refractivity (Wildman–Crippen MR) is 74.0 cm³/mol. The van der Waals surface area contributed by atoms with E-state index >= 15 is 0 Å². The topological polar surface area (TPSA) is 100 Å². The Labute approximate surface area is 120 Å². The maximum atomic E-state index is 10.5. The van der Waals surface area contributed by atoms with Crippen LogP contribution in [0.1, 0.15) is 0 Å². The Balaban J connectivity index is 2.12. The third kappa shape index (κ3) is 4.28. The van der Waals surface area contributed by atoms with Crippen LogP contribution < -0.4 is 10.0 Å². The van der Waals surface area contributed by atoms with E-state index < -0.39 is 11.3 Å².